The third-order valence-corrected chi connectivity index (χ3v) is 2.95. The molecule has 0 amide bonds. The summed E-state index contributed by atoms with van der Waals surface area (Å²) in [7, 11) is 1.96. The molecule has 0 aliphatic rings. The highest BCUT2D eigenvalue weighted by Crippen LogP contribution is 2.18. The van der Waals surface area contributed by atoms with E-state index in [1.54, 1.807) is 0 Å². The first-order valence-electron chi connectivity index (χ1n) is 6.10. The lowest BCUT2D eigenvalue weighted by Crippen LogP contribution is -2.33. The maximum absolute atomic E-state index is 9.15. The highest BCUT2D eigenvalue weighted by molar-refractivity contribution is 5.47. The molecule has 1 heterocycles. The Morgan fingerprint density at radius 3 is 2.76 bits per heavy atom. The highest BCUT2D eigenvalue weighted by atomic mass is 16.3. The largest absolute Gasteiger partial charge is 0.394 e. The summed E-state index contributed by atoms with van der Waals surface area (Å²) in [4.78, 5) is 6.48. The van der Waals surface area contributed by atoms with Gasteiger partial charge in [0, 0.05) is 19.8 Å². The maximum Gasteiger partial charge on any atom is 0.131 e. The molecule has 1 aromatic rings. The second-order valence-electron chi connectivity index (χ2n) is 4.41. The molecular formula is C13H23N3O. The molecule has 2 N–H and O–H groups in total. The van der Waals surface area contributed by atoms with Crippen molar-refractivity contribution in [1.82, 2.24) is 10.3 Å². The van der Waals surface area contributed by atoms with Crippen molar-refractivity contribution in [2.24, 2.45) is 0 Å². The normalized spacial score (nSPS) is 12.5. The molecule has 0 saturated carbocycles. The molecule has 0 radical (unpaired) electrons. The molecule has 0 aliphatic carbocycles. The summed E-state index contributed by atoms with van der Waals surface area (Å²) in [5.74, 6) is 0.937. The first kappa shape index (κ1) is 13.9. The summed E-state index contributed by atoms with van der Waals surface area (Å²) >= 11 is 0. The van der Waals surface area contributed by atoms with Crippen LogP contribution in [0.15, 0.2) is 12.3 Å². The van der Waals surface area contributed by atoms with E-state index in [4.69, 9.17) is 5.11 Å². The lowest BCUT2D eigenvalue weighted by Gasteiger charge is -2.26. The SMILES string of the molecule is CCNCc1cnc(N(C)C(C)CO)c(C)c1. The number of nitrogens with zero attached hydrogens (tertiary/aromatic N) is 2. The summed E-state index contributed by atoms with van der Waals surface area (Å²) in [6, 6.07) is 2.23. The van der Waals surface area contributed by atoms with Gasteiger partial charge in [-0.3, -0.25) is 0 Å². The van der Waals surface area contributed by atoms with Gasteiger partial charge >= 0.3 is 0 Å². The maximum atomic E-state index is 9.15. The van der Waals surface area contributed by atoms with Crippen molar-refractivity contribution in [2.75, 3.05) is 25.1 Å². The first-order valence-corrected chi connectivity index (χ1v) is 6.10. The van der Waals surface area contributed by atoms with Gasteiger partial charge in [-0.15, -0.1) is 0 Å². The standard InChI is InChI=1S/C13H23N3O/c1-5-14-7-12-6-10(2)13(15-8-12)16(4)11(3)9-17/h6,8,11,14,17H,5,7,9H2,1-4H3. The van der Waals surface area contributed by atoms with E-state index < -0.39 is 0 Å². The van der Waals surface area contributed by atoms with Crippen LogP contribution in [0.2, 0.25) is 0 Å². The van der Waals surface area contributed by atoms with Gasteiger partial charge in [0.05, 0.1) is 12.6 Å². The Morgan fingerprint density at radius 1 is 1.53 bits per heavy atom. The van der Waals surface area contributed by atoms with Gasteiger partial charge in [-0.2, -0.15) is 0 Å². The molecule has 1 atom stereocenters. The van der Waals surface area contributed by atoms with E-state index in [0.717, 1.165) is 24.5 Å². The fourth-order valence-corrected chi connectivity index (χ4v) is 1.69. The molecule has 17 heavy (non-hydrogen) atoms. The van der Waals surface area contributed by atoms with Crippen molar-refractivity contribution in [2.45, 2.75) is 33.4 Å². The van der Waals surface area contributed by atoms with Crippen molar-refractivity contribution in [3.63, 3.8) is 0 Å². The van der Waals surface area contributed by atoms with Gasteiger partial charge in [0.1, 0.15) is 5.82 Å². The Balaban J connectivity index is 2.82. The number of hydrogen-bond acceptors (Lipinski definition) is 4. The Kier molecular flexibility index (Phi) is 5.38. The highest BCUT2D eigenvalue weighted by Gasteiger charge is 2.12. The van der Waals surface area contributed by atoms with Gasteiger partial charge in [-0.25, -0.2) is 4.98 Å². The number of nitrogens with one attached hydrogen (secondary N) is 1. The molecule has 0 fully saturated rings. The van der Waals surface area contributed by atoms with Crippen molar-refractivity contribution in [1.29, 1.82) is 0 Å². The fourth-order valence-electron chi connectivity index (χ4n) is 1.69. The van der Waals surface area contributed by atoms with E-state index in [1.807, 2.05) is 25.1 Å². The van der Waals surface area contributed by atoms with E-state index in [0.29, 0.717) is 0 Å². The summed E-state index contributed by atoms with van der Waals surface area (Å²) in [6.45, 7) is 8.07. The quantitative estimate of drug-likeness (QED) is 0.783. The van der Waals surface area contributed by atoms with Crippen LogP contribution < -0.4 is 10.2 Å². The van der Waals surface area contributed by atoms with Crippen LogP contribution in [0.25, 0.3) is 0 Å². The average molecular weight is 237 g/mol. The smallest absolute Gasteiger partial charge is 0.131 e. The first-order chi connectivity index (χ1) is 8.10. The molecule has 4 heteroatoms. The summed E-state index contributed by atoms with van der Waals surface area (Å²) < 4.78 is 0. The molecule has 0 spiro atoms. The van der Waals surface area contributed by atoms with Gasteiger partial charge < -0.3 is 15.3 Å². The molecule has 1 unspecified atom stereocenters. The summed E-state index contributed by atoms with van der Waals surface area (Å²) in [5, 5.41) is 12.4. The Morgan fingerprint density at radius 2 is 2.24 bits per heavy atom. The van der Waals surface area contributed by atoms with E-state index >= 15 is 0 Å². The molecule has 0 aliphatic heterocycles. The molecule has 1 aromatic heterocycles. The van der Waals surface area contributed by atoms with Crippen LogP contribution in [0.3, 0.4) is 0 Å². The predicted molar refractivity (Wildman–Crippen MR) is 71.3 cm³/mol. The third kappa shape index (κ3) is 3.68. The summed E-state index contributed by atoms with van der Waals surface area (Å²) in [6.07, 6.45) is 1.89. The van der Waals surface area contributed by atoms with Crippen LogP contribution in [-0.4, -0.2) is 36.3 Å². The molecule has 1 rings (SSSR count). The molecule has 0 aromatic carbocycles. The third-order valence-electron chi connectivity index (χ3n) is 2.95. The number of aliphatic hydroxyl groups excluding tert-OH is 1. The van der Waals surface area contributed by atoms with Gasteiger partial charge in [-0.1, -0.05) is 6.92 Å². The number of likely N-dealkylation sites (N-methyl/N-ethyl adjacent to an activating group) is 1. The van der Waals surface area contributed by atoms with Gasteiger partial charge in [0.2, 0.25) is 0 Å². The van der Waals surface area contributed by atoms with E-state index in [-0.39, 0.29) is 12.6 Å². The van der Waals surface area contributed by atoms with E-state index in [9.17, 15) is 0 Å². The topological polar surface area (TPSA) is 48.4 Å². The minimum Gasteiger partial charge on any atom is -0.394 e. The predicted octanol–water partition coefficient (Wildman–Crippen LogP) is 1.32. The van der Waals surface area contributed by atoms with E-state index in [1.165, 1.54) is 5.56 Å². The Hall–Kier alpha value is -1.13. The molecule has 0 saturated heterocycles. The van der Waals surface area contributed by atoms with Crippen molar-refractivity contribution in [3.05, 3.63) is 23.4 Å². The van der Waals surface area contributed by atoms with Gasteiger partial charge in [0.15, 0.2) is 0 Å². The summed E-state index contributed by atoms with van der Waals surface area (Å²) in [5.41, 5.74) is 2.33. The Labute approximate surface area is 104 Å². The second-order valence-corrected chi connectivity index (χ2v) is 4.41. The average Bonchev–Trinajstić information content (AvgIpc) is 2.34. The zero-order valence-electron chi connectivity index (χ0n) is 11.2. The van der Waals surface area contributed by atoms with Crippen LogP contribution in [0.5, 0.6) is 0 Å². The second kappa shape index (κ2) is 6.57. The number of pyridine rings is 1. The van der Waals surface area contributed by atoms with Crippen molar-refractivity contribution < 1.29 is 5.11 Å². The lowest BCUT2D eigenvalue weighted by molar-refractivity contribution is 0.269. The minimum absolute atomic E-state index is 0.0841. The van der Waals surface area contributed by atoms with Crippen LogP contribution in [0, 0.1) is 6.92 Å². The molecule has 0 bridgehead atoms. The number of aromatic nitrogens is 1. The van der Waals surface area contributed by atoms with Gasteiger partial charge in [-0.05, 0) is 37.6 Å². The van der Waals surface area contributed by atoms with Crippen LogP contribution in [0.1, 0.15) is 25.0 Å². The van der Waals surface area contributed by atoms with Crippen LogP contribution >= 0.6 is 0 Å². The molecule has 96 valence electrons. The number of aryl methyl sites for hydroxylation is 1. The van der Waals surface area contributed by atoms with Gasteiger partial charge in [0.25, 0.3) is 0 Å². The van der Waals surface area contributed by atoms with Crippen LogP contribution in [-0.2, 0) is 6.54 Å². The van der Waals surface area contributed by atoms with Crippen molar-refractivity contribution >= 4 is 5.82 Å². The van der Waals surface area contributed by atoms with Crippen LogP contribution in [0.4, 0.5) is 5.82 Å². The number of anilines is 1. The zero-order valence-corrected chi connectivity index (χ0v) is 11.2. The monoisotopic (exact) mass is 237 g/mol. The molecule has 4 nitrogen and oxygen atoms in total. The fraction of sp³-hybridized carbons (Fsp3) is 0.615. The van der Waals surface area contributed by atoms with E-state index in [2.05, 4.69) is 30.2 Å². The number of rotatable bonds is 6. The zero-order chi connectivity index (χ0) is 12.8. The number of hydrogen-bond donors (Lipinski definition) is 2. The lowest BCUT2D eigenvalue weighted by atomic mass is 10.2. The number of aliphatic hydroxyl groups is 1. The van der Waals surface area contributed by atoms with Crippen molar-refractivity contribution in [3.8, 4) is 0 Å². The Bertz CT molecular complexity index is 355. The minimum atomic E-state index is 0.0841. The molecular weight excluding hydrogens is 214 g/mol.